The van der Waals surface area contributed by atoms with E-state index in [1.807, 2.05) is 0 Å². The van der Waals surface area contributed by atoms with Crippen LogP contribution >= 0.6 is 0 Å². The predicted octanol–water partition coefficient (Wildman–Crippen LogP) is 8.31. The molecular weight excluding hydrogens is 412 g/mol. The second kappa shape index (κ2) is 0.673. The normalized spacial score (nSPS) is 150. The van der Waals surface area contributed by atoms with Crippen molar-refractivity contribution in [3.8, 4) is 0 Å². The molecule has 0 aromatic heterocycles. The van der Waals surface area contributed by atoms with Crippen molar-refractivity contribution in [2.75, 3.05) is 0 Å². The van der Waals surface area contributed by atoms with E-state index in [2.05, 4.69) is 13.8 Å². The first-order chi connectivity index (χ1) is 12.7. The summed E-state index contributed by atoms with van der Waals surface area (Å²) in [6.07, 6.45) is 3.38. The van der Waals surface area contributed by atoms with Crippen molar-refractivity contribution in [3.63, 3.8) is 0 Å². The second-order valence-corrected chi connectivity index (χ2v) is 68.6. The molecule has 0 saturated carbocycles. The van der Waals surface area contributed by atoms with E-state index in [-0.39, 0.29) is 0 Å². The molecule has 20 heterocycles. The Morgan fingerprint density at radius 1 is 0.556 bits per heavy atom. The third-order valence-corrected chi connectivity index (χ3v) is 117. The van der Waals surface area contributed by atoms with E-state index in [0.29, 0.717) is 0 Å². The van der Waals surface area contributed by atoms with Gasteiger partial charge in [-0.15, -0.1) is 0 Å². The van der Waals surface area contributed by atoms with Gasteiger partial charge in [-0.3, -0.25) is 0 Å². The molecule has 0 radical (unpaired) electrons. The van der Waals surface area contributed by atoms with Gasteiger partial charge in [0.15, 0.2) is 0 Å². The Labute approximate surface area is 139 Å². The van der Waals surface area contributed by atoms with E-state index in [0.717, 1.165) is 5.41 Å². The van der Waals surface area contributed by atoms with Crippen LogP contribution in [0.5, 0.6) is 0 Å². The van der Waals surface area contributed by atoms with Gasteiger partial charge in [0.2, 0.25) is 0 Å². The summed E-state index contributed by atoms with van der Waals surface area (Å²) < 4.78 is 2.50. The molecule has 0 aromatic rings. The topological polar surface area (TPSA) is 0 Å². The third-order valence-electron chi connectivity index (χ3n) is 31.8. The van der Waals surface area contributed by atoms with Gasteiger partial charge in [0.1, 0.15) is 0 Å². The zero-order valence-corrected chi connectivity index (χ0v) is 18.2. The molecule has 20 aliphatic heterocycles. The zero-order chi connectivity index (χ0) is 15.9. The van der Waals surface area contributed by atoms with Crippen molar-refractivity contribution >= 4 is 0 Å². The van der Waals surface area contributed by atoms with E-state index in [1.54, 1.807) is 99.5 Å². The minimum atomic E-state index is -2.99. The molecular formula is C25H28Fe2. The van der Waals surface area contributed by atoms with Gasteiger partial charge in [0.05, 0.1) is 0 Å². The summed E-state index contributed by atoms with van der Waals surface area (Å²) in [6.45, 7) is -0.135. The molecule has 8 unspecified atom stereocenters. The van der Waals surface area contributed by atoms with Gasteiger partial charge in [-0.05, 0) is 0 Å². The molecule has 0 bridgehead atoms. The van der Waals surface area contributed by atoms with E-state index >= 15 is 0 Å². The van der Waals surface area contributed by atoms with Crippen LogP contribution in [0.25, 0.3) is 0 Å². The Hall–Kier alpha value is 1.04. The maximum absolute atomic E-state index is 3.19. The van der Waals surface area contributed by atoms with Crippen LogP contribution in [-0.2, 0) is 13.0 Å². The van der Waals surface area contributed by atoms with Crippen LogP contribution in [0.4, 0.5) is 0 Å². The molecule has 20 fully saturated rings. The van der Waals surface area contributed by atoms with Crippen LogP contribution in [0, 0.1) is 5.41 Å². The number of fused-ring (bicyclic) bond motifs is 20. The third kappa shape index (κ3) is 0.0841. The zero-order valence-electron chi connectivity index (χ0n) is 16.0. The minimum absolute atomic E-state index is 1.03. The average molecular weight is 440 g/mol. The van der Waals surface area contributed by atoms with Crippen molar-refractivity contribution in [1.29, 1.82) is 0 Å². The van der Waals surface area contributed by atoms with Crippen LogP contribution in [0.1, 0.15) is 26.7 Å². The maximum atomic E-state index is 3.19. The Morgan fingerprint density at radius 2 is 0.852 bits per heavy atom. The van der Waals surface area contributed by atoms with E-state index < -0.39 is 13.0 Å². The number of rotatable bonds is 4. The van der Waals surface area contributed by atoms with Crippen LogP contribution in [0.2, 0.25) is 95.3 Å². The molecule has 0 N–H and O–H groups in total. The molecule has 20 rings (SSSR count). The van der Waals surface area contributed by atoms with Gasteiger partial charge < -0.3 is 0 Å². The molecule has 144 valence electrons. The van der Waals surface area contributed by atoms with Crippen molar-refractivity contribution in [3.05, 3.63) is 0 Å². The fourth-order valence-electron chi connectivity index (χ4n) is 36.7. The summed E-state index contributed by atoms with van der Waals surface area (Å²) >= 11 is 0. The van der Waals surface area contributed by atoms with E-state index in [4.69, 9.17) is 0 Å². The Bertz CT molecular complexity index is 1790. The fraction of sp³-hybridized carbons (Fsp3) is 1.00. The van der Waals surface area contributed by atoms with Crippen LogP contribution in [0.3, 0.4) is 0 Å². The van der Waals surface area contributed by atoms with Gasteiger partial charge in [0, 0.05) is 0 Å². The average Bonchev–Trinajstić information content (AvgIpc) is 3.55. The number of hydrogen-bond donors (Lipinski definition) is 0. The summed E-state index contributed by atoms with van der Waals surface area (Å²) in [4.78, 5) is 28.6. The molecule has 0 aliphatic carbocycles. The fourth-order valence-corrected chi connectivity index (χ4v) is 189. The van der Waals surface area contributed by atoms with Crippen molar-refractivity contribution in [2.45, 2.75) is 122 Å². The van der Waals surface area contributed by atoms with Crippen molar-refractivity contribution in [2.24, 2.45) is 5.41 Å². The first-order valence-corrected chi connectivity index (χ1v) is 25.7. The predicted molar refractivity (Wildman–Crippen MR) is 95.9 cm³/mol. The molecule has 20 saturated heterocycles. The van der Waals surface area contributed by atoms with Gasteiger partial charge >= 0.3 is 140 Å². The molecule has 2 spiro atoms. The van der Waals surface area contributed by atoms with Crippen molar-refractivity contribution < 1.29 is 13.0 Å². The van der Waals surface area contributed by atoms with E-state index in [1.165, 1.54) is 8.63 Å². The van der Waals surface area contributed by atoms with Gasteiger partial charge in [0.25, 0.3) is 0 Å². The van der Waals surface area contributed by atoms with Gasteiger partial charge in [-0.25, -0.2) is 0 Å². The first kappa shape index (κ1) is 9.26. The molecule has 8 atom stereocenters. The monoisotopic (exact) mass is 440 g/mol. The Balaban J connectivity index is 1.16. The standard InChI is InChI=1S/C15H18.2C5H5.2Fe/c1-3-12-15(2,13-8-4-5-9-13)14-10-6-7-11-14;2*1-2-4-5-3-1;;/h4-11H,3,12H2,1-2H3;2*1-5H;;. The second-order valence-electron chi connectivity index (χ2n) is 21.4. The molecule has 0 amide bonds. The SMILES string of the molecule is CCCC(C)([C]12[CH]3[CH]4[CH]5[CH]1[Fe]45321678[CH]2[CH]1[CH]6[CH]7[CH]28)[C]12[CH]3[CH]4[CH]5[CH]1[Fe]45321678[CH]2[CH]1[CH]6[CH]7[CH]28. The molecule has 0 aromatic carbocycles. The Kier molecular flexibility index (Phi) is 0.231. The summed E-state index contributed by atoms with van der Waals surface area (Å²) in [5.74, 6) is 0. The van der Waals surface area contributed by atoms with Gasteiger partial charge in [-0.1, -0.05) is 0 Å². The molecule has 0 nitrogen and oxygen atoms in total. The summed E-state index contributed by atoms with van der Waals surface area (Å²) in [6, 6.07) is 0. The summed E-state index contributed by atoms with van der Waals surface area (Å²) in [7, 11) is 0. The van der Waals surface area contributed by atoms with Crippen LogP contribution in [-0.4, -0.2) is 0 Å². The summed E-state index contributed by atoms with van der Waals surface area (Å²) in [5, 5.41) is 0. The molecule has 27 heavy (non-hydrogen) atoms. The Morgan fingerprint density at radius 3 is 1.00 bits per heavy atom. The number of hydrogen-bond acceptors (Lipinski definition) is 0. The van der Waals surface area contributed by atoms with Crippen LogP contribution < -0.4 is 0 Å². The quantitative estimate of drug-likeness (QED) is 0.386. The molecule has 20 aliphatic rings. The molecule has 2 heteroatoms. The van der Waals surface area contributed by atoms with Crippen LogP contribution in [0.15, 0.2) is 0 Å². The first-order valence-electron chi connectivity index (χ1n) is 13.1. The van der Waals surface area contributed by atoms with E-state index in [9.17, 15) is 0 Å². The van der Waals surface area contributed by atoms with Crippen molar-refractivity contribution in [1.82, 2.24) is 0 Å². The summed E-state index contributed by atoms with van der Waals surface area (Å²) in [5.41, 5.74) is 1.03. The van der Waals surface area contributed by atoms with Gasteiger partial charge in [-0.2, -0.15) is 0 Å².